The van der Waals surface area contributed by atoms with E-state index < -0.39 is 10.0 Å². The SMILES string of the molecule is O=S(=O)(c1ccc(Cl)cc1)N1CCc2cc(-c3ccncc3)ccc21. The molecule has 2 heterocycles. The Balaban J connectivity index is 1.72. The monoisotopic (exact) mass is 370 g/mol. The average Bonchev–Trinajstić information content (AvgIpc) is 3.07. The number of sulfonamides is 1. The minimum absolute atomic E-state index is 0.253. The summed E-state index contributed by atoms with van der Waals surface area (Å²) in [4.78, 5) is 4.28. The van der Waals surface area contributed by atoms with E-state index in [1.165, 1.54) is 4.31 Å². The van der Waals surface area contributed by atoms with Gasteiger partial charge in [-0.2, -0.15) is 0 Å². The van der Waals surface area contributed by atoms with Crippen LogP contribution in [0, 0.1) is 0 Å². The molecule has 2 aromatic carbocycles. The van der Waals surface area contributed by atoms with E-state index >= 15 is 0 Å². The second-order valence-corrected chi connectivity index (χ2v) is 8.16. The largest absolute Gasteiger partial charge is 0.266 e. The summed E-state index contributed by atoms with van der Waals surface area (Å²) in [6.45, 7) is 0.445. The molecule has 4 nitrogen and oxygen atoms in total. The number of nitrogens with zero attached hydrogens (tertiary/aromatic N) is 2. The van der Waals surface area contributed by atoms with Gasteiger partial charge in [0.05, 0.1) is 10.6 Å². The Labute approximate surface area is 151 Å². The van der Waals surface area contributed by atoms with Crippen molar-refractivity contribution in [1.82, 2.24) is 4.98 Å². The summed E-state index contributed by atoms with van der Waals surface area (Å²) < 4.78 is 27.4. The molecule has 25 heavy (non-hydrogen) atoms. The van der Waals surface area contributed by atoms with Crippen molar-refractivity contribution in [2.45, 2.75) is 11.3 Å². The van der Waals surface area contributed by atoms with Gasteiger partial charge in [0.15, 0.2) is 0 Å². The molecule has 1 aliphatic rings. The summed E-state index contributed by atoms with van der Waals surface area (Å²) >= 11 is 5.87. The van der Waals surface area contributed by atoms with E-state index in [0.29, 0.717) is 18.0 Å². The highest BCUT2D eigenvalue weighted by molar-refractivity contribution is 7.92. The quantitative estimate of drug-likeness (QED) is 0.695. The molecule has 0 unspecified atom stereocenters. The molecule has 0 bridgehead atoms. The minimum Gasteiger partial charge on any atom is -0.266 e. The van der Waals surface area contributed by atoms with Gasteiger partial charge >= 0.3 is 0 Å². The predicted molar refractivity (Wildman–Crippen MR) is 99.4 cm³/mol. The van der Waals surface area contributed by atoms with Crippen LogP contribution in [-0.2, 0) is 16.4 Å². The Morgan fingerprint density at radius 3 is 2.36 bits per heavy atom. The van der Waals surface area contributed by atoms with E-state index in [-0.39, 0.29) is 4.90 Å². The number of rotatable bonds is 3. The summed E-state index contributed by atoms with van der Waals surface area (Å²) in [5, 5.41) is 0.516. The molecule has 6 heteroatoms. The fourth-order valence-electron chi connectivity index (χ4n) is 3.08. The summed E-state index contributed by atoms with van der Waals surface area (Å²) in [5.74, 6) is 0. The molecule has 126 valence electrons. The molecule has 0 amide bonds. The van der Waals surface area contributed by atoms with Crippen molar-refractivity contribution in [2.24, 2.45) is 0 Å². The second-order valence-electron chi connectivity index (χ2n) is 5.86. The first-order valence-corrected chi connectivity index (χ1v) is 9.69. The molecule has 0 aliphatic carbocycles. The van der Waals surface area contributed by atoms with Crippen LogP contribution in [0.3, 0.4) is 0 Å². The van der Waals surface area contributed by atoms with Gasteiger partial charge in [-0.3, -0.25) is 9.29 Å². The Bertz CT molecular complexity index is 1020. The van der Waals surface area contributed by atoms with Gasteiger partial charge in [-0.15, -0.1) is 0 Å². The predicted octanol–water partition coefficient (Wildman–Crippen LogP) is 4.15. The van der Waals surface area contributed by atoms with Gasteiger partial charge in [-0.05, 0) is 71.6 Å². The summed E-state index contributed by atoms with van der Waals surface area (Å²) in [5.41, 5.74) is 3.91. The number of hydrogen-bond donors (Lipinski definition) is 0. The smallest absolute Gasteiger partial charge is 0.264 e. The highest BCUT2D eigenvalue weighted by Crippen LogP contribution is 2.35. The van der Waals surface area contributed by atoms with Crippen molar-refractivity contribution in [1.29, 1.82) is 0 Å². The molecule has 0 saturated heterocycles. The Morgan fingerprint density at radius 2 is 1.64 bits per heavy atom. The van der Waals surface area contributed by atoms with Gasteiger partial charge in [-0.25, -0.2) is 8.42 Å². The first kappa shape index (κ1) is 16.1. The third-order valence-electron chi connectivity index (χ3n) is 4.35. The van der Waals surface area contributed by atoms with Gasteiger partial charge in [0.25, 0.3) is 10.0 Å². The molecule has 0 spiro atoms. The topological polar surface area (TPSA) is 50.3 Å². The highest BCUT2D eigenvalue weighted by Gasteiger charge is 2.30. The van der Waals surface area contributed by atoms with Crippen LogP contribution in [0.25, 0.3) is 11.1 Å². The van der Waals surface area contributed by atoms with Crippen LogP contribution in [-0.4, -0.2) is 19.9 Å². The lowest BCUT2D eigenvalue weighted by Gasteiger charge is -2.20. The lowest BCUT2D eigenvalue weighted by Crippen LogP contribution is -2.29. The zero-order chi connectivity index (χ0) is 17.4. The van der Waals surface area contributed by atoms with Crippen molar-refractivity contribution < 1.29 is 8.42 Å². The van der Waals surface area contributed by atoms with Crippen molar-refractivity contribution in [3.8, 4) is 11.1 Å². The van der Waals surface area contributed by atoms with Gasteiger partial charge in [0.1, 0.15) is 0 Å². The molecule has 0 radical (unpaired) electrons. The number of hydrogen-bond acceptors (Lipinski definition) is 3. The van der Waals surface area contributed by atoms with Crippen LogP contribution in [0.15, 0.2) is 71.9 Å². The molecule has 0 fully saturated rings. The van der Waals surface area contributed by atoms with Crippen LogP contribution < -0.4 is 4.31 Å². The standard InChI is InChI=1S/C19H15ClN2O2S/c20-17-2-4-18(5-3-17)25(23,24)22-12-9-16-13-15(1-6-19(16)22)14-7-10-21-11-8-14/h1-8,10-11,13H,9,12H2. The molecule has 1 aliphatic heterocycles. The fraction of sp³-hybridized carbons (Fsp3) is 0.105. The molecule has 4 rings (SSSR count). The summed E-state index contributed by atoms with van der Waals surface area (Å²) in [6, 6.07) is 16.0. The first-order chi connectivity index (χ1) is 12.1. The number of benzene rings is 2. The van der Waals surface area contributed by atoms with Crippen molar-refractivity contribution in [2.75, 3.05) is 10.8 Å². The van der Waals surface area contributed by atoms with Crippen molar-refractivity contribution >= 4 is 27.3 Å². The van der Waals surface area contributed by atoms with Crippen molar-refractivity contribution in [3.05, 3.63) is 77.6 Å². The maximum Gasteiger partial charge on any atom is 0.264 e. The Hall–Kier alpha value is -2.37. The maximum atomic E-state index is 12.9. The maximum absolute atomic E-state index is 12.9. The van der Waals surface area contributed by atoms with E-state index in [1.54, 1.807) is 36.7 Å². The number of anilines is 1. The first-order valence-electron chi connectivity index (χ1n) is 7.87. The Morgan fingerprint density at radius 1 is 0.920 bits per heavy atom. The van der Waals surface area contributed by atoms with Crippen LogP contribution in [0.2, 0.25) is 5.02 Å². The molecule has 0 N–H and O–H groups in total. The van der Waals surface area contributed by atoms with Gasteiger partial charge < -0.3 is 0 Å². The fourth-order valence-corrected chi connectivity index (χ4v) is 4.71. The molecular formula is C19H15ClN2O2S. The highest BCUT2D eigenvalue weighted by atomic mass is 35.5. The van der Waals surface area contributed by atoms with Gasteiger partial charge in [-0.1, -0.05) is 17.7 Å². The average molecular weight is 371 g/mol. The van der Waals surface area contributed by atoms with Crippen LogP contribution >= 0.6 is 11.6 Å². The molecule has 0 saturated carbocycles. The van der Waals surface area contributed by atoms with Crippen LogP contribution in [0.5, 0.6) is 0 Å². The molecule has 1 aromatic heterocycles. The number of pyridine rings is 1. The van der Waals surface area contributed by atoms with Gasteiger partial charge in [0.2, 0.25) is 0 Å². The molecule has 0 atom stereocenters. The van der Waals surface area contributed by atoms with Crippen molar-refractivity contribution in [3.63, 3.8) is 0 Å². The second kappa shape index (κ2) is 6.17. The van der Waals surface area contributed by atoms with Crippen LogP contribution in [0.4, 0.5) is 5.69 Å². The number of aromatic nitrogens is 1. The molecule has 3 aromatic rings. The lowest BCUT2D eigenvalue weighted by molar-refractivity contribution is 0.592. The number of halogens is 1. The summed E-state index contributed by atoms with van der Waals surface area (Å²) in [7, 11) is -3.58. The Kier molecular flexibility index (Phi) is 3.98. The lowest BCUT2D eigenvalue weighted by atomic mass is 10.0. The van der Waals surface area contributed by atoms with Gasteiger partial charge in [0, 0.05) is 24.0 Å². The summed E-state index contributed by atoms with van der Waals surface area (Å²) in [6.07, 6.45) is 4.20. The van der Waals surface area contributed by atoms with E-state index in [9.17, 15) is 8.42 Å². The van der Waals surface area contributed by atoms with E-state index in [4.69, 9.17) is 11.6 Å². The zero-order valence-corrected chi connectivity index (χ0v) is 14.8. The third kappa shape index (κ3) is 2.90. The van der Waals surface area contributed by atoms with E-state index in [2.05, 4.69) is 11.1 Å². The van der Waals surface area contributed by atoms with Crippen LogP contribution in [0.1, 0.15) is 5.56 Å². The van der Waals surface area contributed by atoms with E-state index in [1.807, 2.05) is 24.3 Å². The zero-order valence-electron chi connectivity index (χ0n) is 13.3. The molecular weight excluding hydrogens is 356 g/mol. The van der Waals surface area contributed by atoms with E-state index in [0.717, 1.165) is 22.4 Å². The third-order valence-corrected chi connectivity index (χ3v) is 6.43. The normalized spacial score (nSPS) is 13.7. The minimum atomic E-state index is -3.58. The number of fused-ring (bicyclic) bond motifs is 1.